The molecular weight excluding hydrogens is 228 g/mol. The third kappa shape index (κ3) is 2.71. The predicted molar refractivity (Wildman–Crippen MR) is 71.6 cm³/mol. The Bertz CT molecular complexity index is 428. The van der Waals surface area contributed by atoms with Crippen LogP contribution in [0, 0.1) is 0 Å². The monoisotopic (exact) mass is 248 g/mol. The highest BCUT2D eigenvalue weighted by Crippen LogP contribution is 2.27. The Balaban J connectivity index is 2.16. The summed E-state index contributed by atoms with van der Waals surface area (Å²) in [7, 11) is 1.50. The van der Waals surface area contributed by atoms with E-state index in [0.29, 0.717) is 0 Å². The maximum Gasteiger partial charge on any atom is 0.254 e. The molecule has 0 saturated heterocycles. The van der Waals surface area contributed by atoms with Crippen LogP contribution >= 0.6 is 0 Å². The normalized spacial score (nSPS) is 15.9. The third-order valence-electron chi connectivity index (χ3n) is 3.44. The number of hydrogen-bond donors (Lipinski definition) is 2. The number of carbonyl (C=O) groups excluding carboxylic acids is 1. The fourth-order valence-corrected chi connectivity index (χ4v) is 2.42. The summed E-state index contributed by atoms with van der Waals surface area (Å²) < 4.78 is 5.04. The van der Waals surface area contributed by atoms with Crippen molar-refractivity contribution in [3.05, 3.63) is 29.3 Å². The minimum Gasteiger partial charge on any atom is -0.370 e. The predicted octanol–water partition coefficient (Wildman–Crippen LogP) is 1.48. The maximum absolute atomic E-state index is 11.9. The summed E-state index contributed by atoms with van der Waals surface area (Å²) in [5.41, 5.74) is 9.02. The van der Waals surface area contributed by atoms with E-state index < -0.39 is 6.10 Å². The van der Waals surface area contributed by atoms with Gasteiger partial charge in [0.1, 0.15) is 6.10 Å². The first kappa shape index (κ1) is 13.1. The van der Waals surface area contributed by atoms with E-state index in [1.807, 2.05) is 12.1 Å². The molecule has 0 radical (unpaired) electrons. The summed E-state index contributed by atoms with van der Waals surface area (Å²) in [5, 5.41) is 2.93. The number of anilines is 1. The third-order valence-corrected chi connectivity index (χ3v) is 3.44. The quantitative estimate of drug-likeness (QED) is 0.848. The Labute approximate surface area is 108 Å². The van der Waals surface area contributed by atoms with Crippen LogP contribution < -0.4 is 11.1 Å². The van der Waals surface area contributed by atoms with Crippen LogP contribution in [0.5, 0.6) is 0 Å². The van der Waals surface area contributed by atoms with Gasteiger partial charge in [-0.2, -0.15) is 0 Å². The number of benzene rings is 1. The number of fused-ring (bicyclic) bond motifs is 1. The van der Waals surface area contributed by atoms with Gasteiger partial charge in [0, 0.05) is 19.3 Å². The molecular formula is C14H20N2O2. The van der Waals surface area contributed by atoms with Crippen LogP contribution in [0.15, 0.2) is 18.2 Å². The van der Waals surface area contributed by atoms with E-state index in [1.165, 1.54) is 31.1 Å². The van der Waals surface area contributed by atoms with Crippen LogP contribution in [0.2, 0.25) is 0 Å². The average Bonchev–Trinajstić information content (AvgIpc) is 2.40. The number of nitrogens with one attached hydrogen (secondary N) is 1. The molecule has 1 aromatic rings. The van der Waals surface area contributed by atoms with E-state index >= 15 is 0 Å². The molecule has 1 aliphatic carbocycles. The Morgan fingerprint density at radius 2 is 2.22 bits per heavy atom. The van der Waals surface area contributed by atoms with Crippen LogP contribution in [0.3, 0.4) is 0 Å². The fourth-order valence-electron chi connectivity index (χ4n) is 2.42. The highest BCUT2D eigenvalue weighted by atomic mass is 16.5. The standard InChI is InChI=1S/C14H20N2O2/c1-18-13(9-15)14(17)16-12-8-4-6-10-5-2-3-7-11(10)12/h4,6,8,13H,2-3,5,7,9,15H2,1H3,(H,16,17). The van der Waals surface area contributed by atoms with Crippen LogP contribution in [0.1, 0.15) is 24.0 Å². The lowest BCUT2D eigenvalue weighted by Gasteiger charge is -2.21. The van der Waals surface area contributed by atoms with Gasteiger partial charge < -0.3 is 15.8 Å². The van der Waals surface area contributed by atoms with Crippen molar-refractivity contribution in [2.24, 2.45) is 5.73 Å². The molecule has 2 rings (SSSR count). The van der Waals surface area contributed by atoms with E-state index in [-0.39, 0.29) is 12.5 Å². The number of hydrogen-bond acceptors (Lipinski definition) is 3. The van der Waals surface area contributed by atoms with Gasteiger partial charge in [0.05, 0.1) is 0 Å². The molecule has 18 heavy (non-hydrogen) atoms. The second kappa shape index (κ2) is 5.98. The molecule has 0 heterocycles. The summed E-state index contributed by atoms with van der Waals surface area (Å²) in [4.78, 5) is 11.9. The number of ether oxygens (including phenoxy) is 1. The van der Waals surface area contributed by atoms with Gasteiger partial charge in [-0.15, -0.1) is 0 Å². The molecule has 0 aromatic heterocycles. The molecule has 0 spiro atoms. The molecule has 1 amide bonds. The second-order valence-corrected chi connectivity index (χ2v) is 4.60. The number of methoxy groups -OCH3 is 1. The Kier molecular flexibility index (Phi) is 4.33. The summed E-state index contributed by atoms with van der Waals surface area (Å²) >= 11 is 0. The zero-order chi connectivity index (χ0) is 13.0. The largest absolute Gasteiger partial charge is 0.370 e. The highest BCUT2D eigenvalue weighted by Gasteiger charge is 2.19. The van der Waals surface area contributed by atoms with Crippen LogP contribution in [0.25, 0.3) is 0 Å². The zero-order valence-corrected chi connectivity index (χ0v) is 10.7. The van der Waals surface area contributed by atoms with Gasteiger partial charge in [0.2, 0.25) is 0 Å². The number of carbonyl (C=O) groups is 1. The van der Waals surface area contributed by atoms with Gasteiger partial charge in [0.25, 0.3) is 5.91 Å². The van der Waals surface area contributed by atoms with E-state index in [9.17, 15) is 4.79 Å². The van der Waals surface area contributed by atoms with Gasteiger partial charge in [-0.05, 0) is 42.9 Å². The molecule has 4 nitrogen and oxygen atoms in total. The SMILES string of the molecule is COC(CN)C(=O)Nc1cccc2c1CCCC2. The number of amides is 1. The number of nitrogens with two attached hydrogens (primary N) is 1. The lowest BCUT2D eigenvalue weighted by molar-refractivity contribution is -0.125. The molecule has 3 N–H and O–H groups in total. The minimum atomic E-state index is -0.579. The summed E-state index contributed by atoms with van der Waals surface area (Å²) in [6, 6.07) is 6.08. The summed E-state index contributed by atoms with van der Waals surface area (Å²) in [6.45, 7) is 0.192. The first-order valence-corrected chi connectivity index (χ1v) is 6.40. The minimum absolute atomic E-state index is 0.168. The molecule has 1 aliphatic rings. The van der Waals surface area contributed by atoms with Crippen molar-refractivity contribution in [1.82, 2.24) is 0 Å². The van der Waals surface area contributed by atoms with Crippen molar-refractivity contribution in [2.75, 3.05) is 19.0 Å². The van der Waals surface area contributed by atoms with Crippen molar-refractivity contribution in [3.63, 3.8) is 0 Å². The van der Waals surface area contributed by atoms with Gasteiger partial charge >= 0.3 is 0 Å². The van der Waals surface area contributed by atoms with Crippen molar-refractivity contribution >= 4 is 11.6 Å². The van der Waals surface area contributed by atoms with Crippen molar-refractivity contribution in [2.45, 2.75) is 31.8 Å². The van der Waals surface area contributed by atoms with Crippen LogP contribution in [0.4, 0.5) is 5.69 Å². The molecule has 98 valence electrons. The first-order valence-electron chi connectivity index (χ1n) is 6.40. The molecule has 4 heteroatoms. The molecule has 0 fully saturated rings. The van der Waals surface area contributed by atoms with Gasteiger partial charge in [-0.1, -0.05) is 12.1 Å². The van der Waals surface area contributed by atoms with Gasteiger partial charge in [0.15, 0.2) is 0 Å². The zero-order valence-electron chi connectivity index (χ0n) is 10.7. The number of rotatable bonds is 4. The molecule has 0 aliphatic heterocycles. The second-order valence-electron chi connectivity index (χ2n) is 4.60. The van der Waals surface area contributed by atoms with E-state index in [4.69, 9.17) is 10.5 Å². The lowest BCUT2D eigenvalue weighted by atomic mass is 9.90. The van der Waals surface area contributed by atoms with Gasteiger partial charge in [-0.3, -0.25) is 4.79 Å². The first-order chi connectivity index (χ1) is 8.76. The Hall–Kier alpha value is -1.39. The molecule has 0 saturated carbocycles. The highest BCUT2D eigenvalue weighted by molar-refractivity contribution is 5.95. The molecule has 1 atom stereocenters. The Morgan fingerprint density at radius 3 is 2.94 bits per heavy atom. The van der Waals surface area contributed by atoms with E-state index in [0.717, 1.165) is 18.5 Å². The topological polar surface area (TPSA) is 64.3 Å². The maximum atomic E-state index is 11.9. The molecule has 1 unspecified atom stereocenters. The van der Waals surface area contributed by atoms with Crippen molar-refractivity contribution in [3.8, 4) is 0 Å². The number of aryl methyl sites for hydroxylation is 1. The fraction of sp³-hybridized carbons (Fsp3) is 0.500. The van der Waals surface area contributed by atoms with Crippen molar-refractivity contribution < 1.29 is 9.53 Å². The van der Waals surface area contributed by atoms with E-state index in [2.05, 4.69) is 11.4 Å². The Morgan fingerprint density at radius 1 is 1.44 bits per heavy atom. The lowest BCUT2D eigenvalue weighted by Crippen LogP contribution is -2.36. The average molecular weight is 248 g/mol. The summed E-state index contributed by atoms with van der Waals surface area (Å²) in [5.74, 6) is -0.168. The van der Waals surface area contributed by atoms with E-state index in [1.54, 1.807) is 0 Å². The molecule has 0 bridgehead atoms. The van der Waals surface area contributed by atoms with Crippen molar-refractivity contribution in [1.29, 1.82) is 0 Å². The molecule has 1 aromatic carbocycles. The van der Waals surface area contributed by atoms with Gasteiger partial charge in [-0.25, -0.2) is 0 Å². The summed E-state index contributed by atoms with van der Waals surface area (Å²) in [6.07, 6.45) is 3.97. The smallest absolute Gasteiger partial charge is 0.254 e. The van der Waals surface area contributed by atoms with Crippen LogP contribution in [-0.2, 0) is 22.4 Å². The van der Waals surface area contributed by atoms with Crippen LogP contribution in [-0.4, -0.2) is 25.7 Å².